The number of hydrogen-bond donors (Lipinski definition) is 2. The molecule has 0 bridgehead atoms. The van der Waals surface area contributed by atoms with Crippen molar-refractivity contribution in [2.75, 3.05) is 46.3 Å². The highest BCUT2D eigenvalue weighted by molar-refractivity contribution is 7.51. The maximum atomic E-state index is 10.4. The topological polar surface area (TPSA) is 85.2 Å². The third kappa shape index (κ3) is 12.0. The van der Waals surface area contributed by atoms with Crippen molar-refractivity contribution in [2.24, 2.45) is 0 Å². The van der Waals surface area contributed by atoms with E-state index in [0.717, 1.165) is 0 Å². The van der Waals surface area contributed by atoms with E-state index in [2.05, 4.69) is 0 Å². The zero-order valence-corrected chi connectivity index (χ0v) is 9.11. The molecule has 7 heteroatoms. The normalized spacial score (nSPS) is 11.9. The number of hydrogen-bond acceptors (Lipinski definition) is 4. The highest BCUT2D eigenvalue weighted by Gasteiger charge is 2.11. The van der Waals surface area contributed by atoms with Crippen LogP contribution in [0.25, 0.3) is 0 Å². The second-order valence-corrected chi connectivity index (χ2v) is 4.38. The van der Waals surface area contributed by atoms with E-state index in [1.807, 2.05) is 0 Å². The van der Waals surface area contributed by atoms with Gasteiger partial charge in [0, 0.05) is 7.11 Å². The lowest BCUT2D eigenvalue weighted by Crippen LogP contribution is -2.10. The second kappa shape index (κ2) is 8.35. The van der Waals surface area contributed by atoms with E-state index in [-0.39, 0.29) is 12.8 Å². The van der Waals surface area contributed by atoms with Gasteiger partial charge in [-0.15, -0.1) is 0 Å². The Bertz CT molecular complexity index is 168. The molecule has 0 heterocycles. The summed E-state index contributed by atoms with van der Waals surface area (Å²) in [7, 11) is -2.33. The molecule has 0 aromatic heterocycles. The van der Waals surface area contributed by atoms with Crippen LogP contribution in [0.15, 0.2) is 0 Å². The summed E-state index contributed by atoms with van der Waals surface area (Å²) in [6, 6.07) is 0. The van der Waals surface area contributed by atoms with Crippen LogP contribution in [0.4, 0.5) is 0 Å². The Kier molecular flexibility index (Phi) is 8.37. The van der Waals surface area contributed by atoms with Crippen LogP contribution in [0.5, 0.6) is 0 Å². The molecule has 0 aliphatic rings. The molecule has 2 N–H and O–H groups in total. The standard InChI is InChI=1S/C7H17O6P/c1-11-2-3-12-4-5-13-6-7-14(8,9)10/h2-7H2,1H3,(H2,8,9,10). The summed E-state index contributed by atoms with van der Waals surface area (Å²) in [5.74, 6) is 0. The van der Waals surface area contributed by atoms with Crippen molar-refractivity contribution in [3.63, 3.8) is 0 Å². The molecule has 0 aromatic rings. The fourth-order valence-electron chi connectivity index (χ4n) is 0.648. The van der Waals surface area contributed by atoms with Crippen molar-refractivity contribution < 1.29 is 28.6 Å². The molecule has 0 radical (unpaired) electrons. The Labute approximate surface area is 83.3 Å². The third-order valence-corrected chi connectivity index (χ3v) is 2.10. The molecule has 0 rings (SSSR count). The van der Waals surface area contributed by atoms with Crippen LogP contribution in [0.2, 0.25) is 0 Å². The molecule has 0 unspecified atom stereocenters. The maximum absolute atomic E-state index is 10.4. The lowest BCUT2D eigenvalue weighted by atomic mass is 10.7. The number of methoxy groups -OCH3 is 1. The van der Waals surface area contributed by atoms with Gasteiger partial charge in [0.05, 0.1) is 39.2 Å². The SMILES string of the molecule is COCCOCCOCCP(=O)(O)O. The summed E-state index contributed by atoms with van der Waals surface area (Å²) in [4.78, 5) is 16.9. The van der Waals surface area contributed by atoms with Gasteiger partial charge in [0.15, 0.2) is 0 Å². The summed E-state index contributed by atoms with van der Waals surface area (Å²) in [6.07, 6.45) is -0.245. The van der Waals surface area contributed by atoms with Crippen molar-refractivity contribution >= 4 is 7.60 Å². The van der Waals surface area contributed by atoms with Gasteiger partial charge in [-0.2, -0.15) is 0 Å². The minimum absolute atomic E-state index is 0.0535. The van der Waals surface area contributed by atoms with Gasteiger partial charge in [0.2, 0.25) is 0 Å². The fourth-order valence-corrected chi connectivity index (χ4v) is 1.01. The first-order valence-corrected chi connectivity index (χ1v) is 6.05. The summed E-state index contributed by atoms with van der Waals surface area (Å²) in [6.45, 7) is 1.83. The smallest absolute Gasteiger partial charge is 0.327 e. The summed E-state index contributed by atoms with van der Waals surface area (Å²) >= 11 is 0. The maximum Gasteiger partial charge on any atom is 0.327 e. The van der Waals surface area contributed by atoms with Gasteiger partial charge in [-0.3, -0.25) is 4.57 Å². The number of ether oxygens (including phenoxy) is 3. The van der Waals surface area contributed by atoms with E-state index in [9.17, 15) is 4.57 Å². The Morgan fingerprint density at radius 2 is 1.50 bits per heavy atom. The van der Waals surface area contributed by atoms with E-state index >= 15 is 0 Å². The number of rotatable bonds is 9. The van der Waals surface area contributed by atoms with Crippen molar-refractivity contribution in [1.29, 1.82) is 0 Å². The lowest BCUT2D eigenvalue weighted by Gasteiger charge is -2.06. The van der Waals surface area contributed by atoms with Crippen LogP contribution in [-0.2, 0) is 18.8 Å². The highest BCUT2D eigenvalue weighted by atomic mass is 31.2. The molecular weight excluding hydrogens is 211 g/mol. The fraction of sp³-hybridized carbons (Fsp3) is 1.00. The highest BCUT2D eigenvalue weighted by Crippen LogP contribution is 2.33. The lowest BCUT2D eigenvalue weighted by molar-refractivity contribution is 0.0278. The average Bonchev–Trinajstić information content (AvgIpc) is 2.08. The van der Waals surface area contributed by atoms with Gasteiger partial charge in [0.1, 0.15) is 0 Å². The minimum Gasteiger partial charge on any atom is -0.382 e. The van der Waals surface area contributed by atoms with Crippen LogP contribution in [0.3, 0.4) is 0 Å². The van der Waals surface area contributed by atoms with E-state index in [4.69, 9.17) is 24.0 Å². The van der Waals surface area contributed by atoms with E-state index in [1.54, 1.807) is 7.11 Å². The molecule has 0 atom stereocenters. The molecule has 0 aliphatic heterocycles. The first-order chi connectivity index (χ1) is 6.56. The third-order valence-electron chi connectivity index (χ3n) is 1.33. The zero-order chi connectivity index (χ0) is 10.9. The van der Waals surface area contributed by atoms with Gasteiger partial charge >= 0.3 is 7.60 Å². The van der Waals surface area contributed by atoms with Gasteiger partial charge in [-0.05, 0) is 0 Å². The molecular formula is C7H17O6P. The first-order valence-electron chi connectivity index (χ1n) is 4.25. The molecule has 0 aliphatic carbocycles. The molecule has 0 saturated carbocycles. The Balaban J connectivity index is 3.03. The monoisotopic (exact) mass is 228 g/mol. The van der Waals surface area contributed by atoms with Crippen molar-refractivity contribution in [1.82, 2.24) is 0 Å². The molecule has 0 fully saturated rings. The van der Waals surface area contributed by atoms with Gasteiger partial charge < -0.3 is 24.0 Å². The van der Waals surface area contributed by atoms with E-state index in [0.29, 0.717) is 26.4 Å². The van der Waals surface area contributed by atoms with Crippen molar-refractivity contribution in [3.8, 4) is 0 Å². The minimum atomic E-state index is -3.92. The molecule has 0 aromatic carbocycles. The molecule has 0 amide bonds. The quantitative estimate of drug-likeness (QED) is 0.421. The van der Waals surface area contributed by atoms with Gasteiger partial charge in [-0.25, -0.2) is 0 Å². The van der Waals surface area contributed by atoms with Crippen LogP contribution in [0.1, 0.15) is 0 Å². The van der Waals surface area contributed by atoms with Crippen LogP contribution in [-0.4, -0.2) is 56.1 Å². The predicted molar refractivity (Wildman–Crippen MR) is 50.4 cm³/mol. The van der Waals surface area contributed by atoms with Gasteiger partial charge in [-0.1, -0.05) is 0 Å². The molecule has 14 heavy (non-hydrogen) atoms. The molecule has 86 valence electrons. The molecule has 0 saturated heterocycles. The molecule has 0 spiro atoms. The van der Waals surface area contributed by atoms with Crippen LogP contribution >= 0.6 is 7.60 Å². The van der Waals surface area contributed by atoms with Gasteiger partial charge in [0.25, 0.3) is 0 Å². The summed E-state index contributed by atoms with van der Waals surface area (Å²) < 4.78 is 25.1. The Morgan fingerprint density at radius 3 is 2.00 bits per heavy atom. The van der Waals surface area contributed by atoms with Crippen LogP contribution < -0.4 is 0 Å². The Morgan fingerprint density at radius 1 is 1.00 bits per heavy atom. The predicted octanol–water partition coefficient (Wildman–Crippen LogP) is -0.156. The van der Waals surface area contributed by atoms with E-state index < -0.39 is 7.60 Å². The van der Waals surface area contributed by atoms with E-state index in [1.165, 1.54) is 0 Å². The second-order valence-electron chi connectivity index (χ2n) is 2.61. The first kappa shape index (κ1) is 14.0. The average molecular weight is 228 g/mol. The zero-order valence-electron chi connectivity index (χ0n) is 8.22. The summed E-state index contributed by atoms with van der Waals surface area (Å²) in [5, 5.41) is 0. The Hall–Kier alpha value is 0.0300. The summed E-state index contributed by atoms with van der Waals surface area (Å²) in [5.41, 5.74) is 0. The van der Waals surface area contributed by atoms with Crippen molar-refractivity contribution in [3.05, 3.63) is 0 Å². The largest absolute Gasteiger partial charge is 0.382 e. The van der Waals surface area contributed by atoms with Crippen LogP contribution in [0, 0.1) is 0 Å². The van der Waals surface area contributed by atoms with Crippen molar-refractivity contribution in [2.45, 2.75) is 0 Å². The molecule has 6 nitrogen and oxygen atoms in total.